The molecule has 1 saturated heterocycles. The van der Waals surface area contributed by atoms with Crippen molar-refractivity contribution < 1.29 is 4.79 Å². The number of hydrogen-bond acceptors (Lipinski definition) is 3. The fourth-order valence-corrected chi connectivity index (χ4v) is 5.96. The molecule has 1 aliphatic carbocycles. The molecule has 0 spiro atoms. The second-order valence-corrected chi connectivity index (χ2v) is 11.0. The first-order valence-electron chi connectivity index (χ1n) is 13.0. The van der Waals surface area contributed by atoms with E-state index < -0.39 is 0 Å². The molecule has 36 heavy (non-hydrogen) atoms. The number of benzene rings is 2. The molecule has 1 aliphatic heterocycles. The number of aliphatic imine (C=N–C) groups is 1. The van der Waals surface area contributed by atoms with Gasteiger partial charge in [-0.3, -0.25) is 4.79 Å². The first-order valence-corrected chi connectivity index (χ1v) is 13.7. The SMILES string of the molecule is CC1CNCC(C)N1C(=NC1CCCCC1)Nc1ccc(C(CC(N)=O)c2ccc(Cl)cc2Cl)cc1. The van der Waals surface area contributed by atoms with Crippen LogP contribution < -0.4 is 16.4 Å². The van der Waals surface area contributed by atoms with E-state index in [0.717, 1.165) is 48.7 Å². The summed E-state index contributed by atoms with van der Waals surface area (Å²) in [6.07, 6.45) is 6.26. The van der Waals surface area contributed by atoms with Crippen LogP contribution in [0.3, 0.4) is 0 Å². The Labute approximate surface area is 224 Å². The summed E-state index contributed by atoms with van der Waals surface area (Å²) in [5.74, 6) is 0.326. The van der Waals surface area contributed by atoms with Crippen LogP contribution in [0.5, 0.6) is 0 Å². The fourth-order valence-electron chi connectivity index (χ4n) is 5.42. The lowest BCUT2D eigenvalue weighted by molar-refractivity contribution is -0.118. The second kappa shape index (κ2) is 12.3. The summed E-state index contributed by atoms with van der Waals surface area (Å²) in [7, 11) is 0. The van der Waals surface area contributed by atoms with Gasteiger partial charge in [0.2, 0.25) is 5.91 Å². The van der Waals surface area contributed by atoms with Crippen molar-refractivity contribution >= 4 is 40.8 Å². The zero-order valence-electron chi connectivity index (χ0n) is 21.1. The summed E-state index contributed by atoms with van der Waals surface area (Å²) in [5, 5.41) is 8.23. The summed E-state index contributed by atoms with van der Waals surface area (Å²) in [5.41, 5.74) is 8.37. The van der Waals surface area contributed by atoms with Crippen molar-refractivity contribution in [1.82, 2.24) is 10.2 Å². The molecule has 3 unspecified atom stereocenters. The molecule has 1 saturated carbocycles. The molecule has 2 aromatic carbocycles. The number of rotatable bonds is 6. The standard InChI is InChI=1S/C28H37Cl2N5O/c1-18-16-32-17-19(2)35(18)28(33-22-6-4-3-5-7-22)34-23-11-8-20(9-12-23)25(15-27(31)36)24-13-10-21(29)14-26(24)30/h8-14,18-19,22,25,32H,3-7,15-17H2,1-2H3,(H2,31,36)(H,33,34). The normalized spacial score (nSPS) is 22.3. The Morgan fingerprint density at radius 3 is 2.36 bits per heavy atom. The van der Waals surface area contributed by atoms with Gasteiger partial charge in [0.25, 0.3) is 0 Å². The molecule has 194 valence electrons. The van der Waals surface area contributed by atoms with Crippen LogP contribution in [0.1, 0.15) is 69.4 Å². The van der Waals surface area contributed by atoms with Crippen molar-refractivity contribution in [2.75, 3.05) is 18.4 Å². The van der Waals surface area contributed by atoms with Gasteiger partial charge in [0.15, 0.2) is 5.96 Å². The van der Waals surface area contributed by atoms with Crippen molar-refractivity contribution in [1.29, 1.82) is 0 Å². The molecule has 2 aliphatic rings. The molecule has 3 atom stereocenters. The number of anilines is 1. The molecule has 4 rings (SSSR count). The van der Waals surface area contributed by atoms with Gasteiger partial charge in [-0.05, 0) is 62.1 Å². The van der Waals surface area contributed by atoms with Gasteiger partial charge < -0.3 is 21.3 Å². The molecule has 8 heteroatoms. The maximum Gasteiger partial charge on any atom is 0.218 e. The molecule has 0 radical (unpaired) electrons. The van der Waals surface area contributed by atoms with Crippen molar-refractivity contribution in [3.05, 3.63) is 63.6 Å². The lowest BCUT2D eigenvalue weighted by Gasteiger charge is -2.42. The number of halogens is 2. The third-order valence-corrected chi connectivity index (χ3v) is 7.83. The van der Waals surface area contributed by atoms with E-state index in [0.29, 0.717) is 28.2 Å². The molecule has 4 N–H and O–H groups in total. The number of nitrogens with one attached hydrogen (secondary N) is 2. The van der Waals surface area contributed by atoms with Gasteiger partial charge in [0.05, 0.1) is 6.04 Å². The first-order chi connectivity index (χ1) is 17.3. The lowest BCUT2D eigenvalue weighted by atomic mass is 9.88. The number of hydrogen-bond donors (Lipinski definition) is 3. The number of nitrogens with zero attached hydrogens (tertiary/aromatic N) is 2. The van der Waals surface area contributed by atoms with Crippen molar-refractivity contribution in [2.24, 2.45) is 10.7 Å². The highest BCUT2D eigenvalue weighted by atomic mass is 35.5. The molecule has 2 aromatic rings. The van der Waals surface area contributed by atoms with Gasteiger partial charge in [-0.15, -0.1) is 0 Å². The molecular weight excluding hydrogens is 493 g/mol. The van der Waals surface area contributed by atoms with Crippen LogP contribution in [0.4, 0.5) is 5.69 Å². The molecule has 1 amide bonds. The minimum Gasteiger partial charge on any atom is -0.370 e. The minimum atomic E-state index is -0.378. The van der Waals surface area contributed by atoms with Crippen LogP contribution in [0.2, 0.25) is 10.0 Å². The molecule has 2 fully saturated rings. The molecule has 1 heterocycles. The number of primary amides is 1. The van der Waals surface area contributed by atoms with E-state index in [1.165, 1.54) is 19.3 Å². The largest absolute Gasteiger partial charge is 0.370 e. The summed E-state index contributed by atoms with van der Waals surface area (Å²) in [6.45, 7) is 6.36. The second-order valence-electron chi connectivity index (χ2n) is 10.1. The summed E-state index contributed by atoms with van der Waals surface area (Å²) in [4.78, 5) is 19.5. The highest BCUT2D eigenvalue weighted by molar-refractivity contribution is 6.35. The molecule has 0 bridgehead atoms. The topological polar surface area (TPSA) is 82.8 Å². The van der Waals surface area contributed by atoms with Crippen LogP contribution in [0, 0.1) is 0 Å². The van der Waals surface area contributed by atoms with Crippen molar-refractivity contribution in [2.45, 2.75) is 76.4 Å². The van der Waals surface area contributed by atoms with E-state index in [9.17, 15) is 4.79 Å². The van der Waals surface area contributed by atoms with Crippen LogP contribution in [-0.4, -0.2) is 48.0 Å². The molecular formula is C28H37Cl2N5O. The zero-order valence-corrected chi connectivity index (χ0v) is 22.7. The molecule has 6 nitrogen and oxygen atoms in total. The van der Waals surface area contributed by atoms with Gasteiger partial charge in [-0.1, -0.05) is 60.7 Å². The smallest absolute Gasteiger partial charge is 0.218 e. The van der Waals surface area contributed by atoms with Gasteiger partial charge in [0, 0.05) is 53.2 Å². The van der Waals surface area contributed by atoms with Crippen molar-refractivity contribution in [3.63, 3.8) is 0 Å². The Bertz CT molecular complexity index is 1060. The number of carbonyl (C=O) groups excluding carboxylic acids is 1. The van der Waals surface area contributed by atoms with Gasteiger partial charge >= 0.3 is 0 Å². The molecule has 0 aromatic heterocycles. The van der Waals surface area contributed by atoms with E-state index in [2.05, 4.69) is 29.4 Å². The Kier molecular flexibility index (Phi) is 9.15. The van der Waals surface area contributed by atoms with E-state index >= 15 is 0 Å². The number of guanidine groups is 1. The number of piperazine rings is 1. The van der Waals surface area contributed by atoms with Crippen LogP contribution in [0.15, 0.2) is 47.5 Å². The Morgan fingerprint density at radius 2 is 1.75 bits per heavy atom. The summed E-state index contributed by atoms with van der Waals surface area (Å²) < 4.78 is 0. The van der Waals surface area contributed by atoms with Crippen LogP contribution >= 0.6 is 23.2 Å². The van der Waals surface area contributed by atoms with Crippen LogP contribution in [0.25, 0.3) is 0 Å². The predicted molar refractivity (Wildman–Crippen MR) is 150 cm³/mol. The third-order valence-electron chi connectivity index (χ3n) is 7.27. The maximum absolute atomic E-state index is 11.9. The number of carbonyl (C=O) groups is 1. The van der Waals surface area contributed by atoms with E-state index in [-0.39, 0.29) is 18.2 Å². The average Bonchev–Trinajstić information content (AvgIpc) is 2.84. The van der Waals surface area contributed by atoms with Gasteiger partial charge in [-0.2, -0.15) is 0 Å². The van der Waals surface area contributed by atoms with Gasteiger partial charge in [0.1, 0.15) is 0 Å². The third kappa shape index (κ3) is 6.72. The van der Waals surface area contributed by atoms with Gasteiger partial charge in [-0.25, -0.2) is 4.99 Å². The minimum absolute atomic E-state index is 0.165. The average molecular weight is 531 g/mol. The quantitative estimate of drug-likeness (QED) is 0.327. The monoisotopic (exact) mass is 529 g/mol. The zero-order chi connectivity index (χ0) is 25.7. The van der Waals surface area contributed by atoms with Crippen molar-refractivity contribution in [3.8, 4) is 0 Å². The highest BCUT2D eigenvalue weighted by Gasteiger charge is 2.29. The first kappa shape index (κ1) is 26.8. The van der Waals surface area contributed by atoms with E-state index in [4.69, 9.17) is 33.9 Å². The highest BCUT2D eigenvalue weighted by Crippen LogP contribution is 2.35. The van der Waals surface area contributed by atoms with Crippen LogP contribution in [-0.2, 0) is 4.79 Å². The Morgan fingerprint density at radius 1 is 1.08 bits per heavy atom. The summed E-state index contributed by atoms with van der Waals surface area (Å²) in [6, 6.07) is 14.6. The number of nitrogens with two attached hydrogens (primary N) is 1. The predicted octanol–water partition coefficient (Wildman–Crippen LogP) is 5.78. The maximum atomic E-state index is 11.9. The fraction of sp³-hybridized carbons (Fsp3) is 0.500. The number of amides is 1. The Balaban J connectivity index is 1.60. The summed E-state index contributed by atoms with van der Waals surface area (Å²) >= 11 is 12.6. The Hall–Kier alpha value is -2.28. The van der Waals surface area contributed by atoms with E-state index in [1.54, 1.807) is 12.1 Å². The van der Waals surface area contributed by atoms with E-state index in [1.807, 2.05) is 30.3 Å². The lowest BCUT2D eigenvalue weighted by Crippen LogP contribution is -2.59.